The van der Waals surface area contributed by atoms with E-state index in [1.807, 2.05) is 31.3 Å². The van der Waals surface area contributed by atoms with Crippen molar-refractivity contribution in [2.45, 2.75) is 44.9 Å². The van der Waals surface area contributed by atoms with Crippen LogP contribution in [0.2, 0.25) is 0 Å². The molecule has 1 aliphatic heterocycles. The van der Waals surface area contributed by atoms with Gasteiger partial charge in [-0.3, -0.25) is 14.8 Å². The lowest BCUT2D eigenvalue weighted by atomic mass is 9.96. The summed E-state index contributed by atoms with van der Waals surface area (Å²) >= 11 is 0. The van der Waals surface area contributed by atoms with E-state index in [9.17, 15) is 9.59 Å². The lowest BCUT2D eigenvalue weighted by molar-refractivity contribution is -0.128. The van der Waals surface area contributed by atoms with Crippen LogP contribution in [0.4, 0.5) is 5.69 Å². The van der Waals surface area contributed by atoms with E-state index in [-0.39, 0.29) is 18.2 Å². The first-order chi connectivity index (χ1) is 15.1. The minimum atomic E-state index is -0.402. The van der Waals surface area contributed by atoms with E-state index < -0.39 is 5.91 Å². The fourth-order valence-electron chi connectivity index (χ4n) is 4.06. The standard InChI is InChI=1S/C25H33N3O3/c1-28(25(30)22-14-16-26-17-15-22)23-12-10-20(11-13-23)5-3-2-4-19-6-8-21(9-7-19)18-24(29)27-31/h6-13,22,26,31H,2-5,14-18H2,1H3,(H,27,29). The second kappa shape index (κ2) is 11.6. The van der Waals surface area contributed by atoms with Crippen molar-refractivity contribution >= 4 is 17.5 Å². The van der Waals surface area contributed by atoms with Gasteiger partial charge in [-0.05, 0) is 80.4 Å². The van der Waals surface area contributed by atoms with Crippen LogP contribution in [0.15, 0.2) is 48.5 Å². The third-order valence-electron chi connectivity index (χ3n) is 6.04. The number of hydrogen-bond acceptors (Lipinski definition) is 4. The van der Waals surface area contributed by atoms with Gasteiger partial charge in [0.1, 0.15) is 0 Å². The fraction of sp³-hybridized carbons (Fsp3) is 0.440. The molecule has 6 nitrogen and oxygen atoms in total. The topological polar surface area (TPSA) is 81.7 Å². The number of unbranched alkanes of at least 4 members (excludes halogenated alkanes) is 1. The summed E-state index contributed by atoms with van der Waals surface area (Å²) < 4.78 is 0. The number of nitrogens with one attached hydrogen (secondary N) is 2. The molecular formula is C25H33N3O3. The second-order valence-corrected chi connectivity index (χ2v) is 8.32. The molecule has 166 valence electrons. The highest BCUT2D eigenvalue weighted by Crippen LogP contribution is 2.21. The van der Waals surface area contributed by atoms with Gasteiger partial charge in [-0.15, -0.1) is 0 Å². The van der Waals surface area contributed by atoms with Crippen LogP contribution >= 0.6 is 0 Å². The largest absolute Gasteiger partial charge is 0.317 e. The van der Waals surface area contributed by atoms with E-state index in [2.05, 4.69) is 29.6 Å². The zero-order valence-corrected chi connectivity index (χ0v) is 18.3. The summed E-state index contributed by atoms with van der Waals surface area (Å²) in [6.45, 7) is 1.85. The average Bonchev–Trinajstić information content (AvgIpc) is 2.82. The highest BCUT2D eigenvalue weighted by Gasteiger charge is 2.24. The number of rotatable bonds is 9. The van der Waals surface area contributed by atoms with Gasteiger partial charge in [0.25, 0.3) is 0 Å². The smallest absolute Gasteiger partial charge is 0.247 e. The van der Waals surface area contributed by atoms with Crippen molar-refractivity contribution in [2.24, 2.45) is 5.92 Å². The van der Waals surface area contributed by atoms with Crippen LogP contribution in [0, 0.1) is 5.92 Å². The molecule has 1 fully saturated rings. The van der Waals surface area contributed by atoms with Crippen LogP contribution in [0.5, 0.6) is 0 Å². The number of hydrogen-bond donors (Lipinski definition) is 3. The van der Waals surface area contributed by atoms with Crippen molar-refractivity contribution in [3.05, 3.63) is 65.2 Å². The summed E-state index contributed by atoms with van der Waals surface area (Å²) in [7, 11) is 1.88. The number of nitrogens with zero attached hydrogens (tertiary/aromatic N) is 1. The molecule has 1 heterocycles. The maximum Gasteiger partial charge on any atom is 0.247 e. The van der Waals surface area contributed by atoms with E-state index in [4.69, 9.17) is 5.21 Å². The zero-order chi connectivity index (χ0) is 22.1. The molecule has 0 saturated carbocycles. The molecule has 1 aliphatic rings. The molecule has 2 aromatic rings. The van der Waals surface area contributed by atoms with Crippen LogP contribution in [-0.2, 0) is 28.9 Å². The van der Waals surface area contributed by atoms with Crippen molar-refractivity contribution in [3.8, 4) is 0 Å². The zero-order valence-electron chi connectivity index (χ0n) is 18.3. The predicted octanol–water partition coefficient (Wildman–Crippen LogP) is 3.26. The van der Waals surface area contributed by atoms with Crippen molar-refractivity contribution in [1.29, 1.82) is 0 Å². The number of anilines is 1. The van der Waals surface area contributed by atoms with Crippen molar-refractivity contribution in [2.75, 3.05) is 25.0 Å². The second-order valence-electron chi connectivity index (χ2n) is 8.32. The predicted molar refractivity (Wildman–Crippen MR) is 122 cm³/mol. The molecule has 0 atom stereocenters. The van der Waals surface area contributed by atoms with Crippen molar-refractivity contribution in [1.82, 2.24) is 10.8 Å². The van der Waals surface area contributed by atoms with E-state index in [1.54, 1.807) is 10.4 Å². The summed E-state index contributed by atoms with van der Waals surface area (Å²) in [6, 6.07) is 16.3. The highest BCUT2D eigenvalue weighted by atomic mass is 16.5. The number of aryl methyl sites for hydroxylation is 2. The summed E-state index contributed by atoms with van der Waals surface area (Å²) in [6.07, 6.45) is 6.22. The van der Waals surface area contributed by atoms with Crippen LogP contribution in [0.25, 0.3) is 0 Å². The van der Waals surface area contributed by atoms with Gasteiger partial charge in [-0.2, -0.15) is 0 Å². The summed E-state index contributed by atoms with van der Waals surface area (Å²) in [5, 5.41) is 11.9. The number of hydroxylamine groups is 1. The third kappa shape index (κ3) is 6.91. The van der Waals surface area contributed by atoms with E-state index in [1.165, 1.54) is 11.1 Å². The maximum atomic E-state index is 12.7. The van der Waals surface area contributed by atoms with Gasteiger partial charge in [0, 0.05) is 18.7 Å². The van der Waals surface area contributed by atoms with Crippen LogP contribution in [0.3, 0.4) is 0 Å². The normalized spacial score (nSPS) is 14.3. The number of benzene rings is 2. The molecule has 3 N–H and O–H groups in total. The quantitative estimate of drug-likeness (QED) is 0.329. The molecule has 31 heavy (non-hydrogen) atoms. The Morgan fingerprint density at radius 1 is 0.935 bits per heavy atom. The minimum Gasteiger partial charge on any atom is -0.317 e. The van der Waals surface area contributed by atoms with Crippen LogP contribution < -0.4 is 15.7 Å². The molecule has 2 amide bonds. The Hall–Kier alpha value is -2.70. The van der Waals surface area contributed by atoms with Crippen LogP contribution in [-0.4, -0.2) is 37.2 Å². The molecule has 0 aromatic heterocycles. The summed E-state index contributed by atoms with van der Waals surface area (Å²) in [5.41, 5.74) is 6.04. The molecular weight excluding hydrogens is 390 g/mol. The molecule has 0 bridgehead atoms. The minimum absolute atomic E-state index is 0.131. The molecule has 0 spiro atoms. The van der Waals surface area contributed by atoms with E-state index >= 15 is 0 Å². The molecule has 1 saturated heterocycles. The van der Waals surface area contributed by atoms with Gasteiger partial charge >= 0.3 is 0 Å². The molecule has 3 rings (SSSR count). The number of amides is 2. The van der Waals surface area contributed by atoms with Gasteiger partial charge in [0.05, 0.1) is 6.42 Å². The Balaban J connectivity index is 1.41. The lowest BCUT2D eigenvalue weighted by Gasteiger charge is -2.27. The Kier molecular flexibility index (Phi) is 8.62. The molecule has 2 aromatic carbocycles. The summed E-state index contributed by atoms with van der Waals surface area (Å²) in [5.74, 6) is -0.0512. The van der Waals surface area contributed by atoms with Crippen molar-refractivity contribution in [3.63, 3.8) is 0 Å². The Morgan fingerprint density at radius 3 is 2.00 bits per heavy atom. The Bertz CT molecular complexity index is 843. The first kappa shape index (κ1) is 23.0. The van der Waals surface area contributed by atoms with Gasteiger partial charge in [-0.25, -0.2) is 5.48 Å². The SMILES string of the molecule is CN(C(=O)C1CCNCC1)c1ccc(CCCCc2ccc(CC(=O)NO)cc2)cc1. The third-order valence-corrected chi connectivity index (χ3v) is 6.04. The number of carbonyl (C=O) groups is 2. The van der Waals surface area contributed by atoms with Gasteiger partial charge in [0.15, 0.2) is 0 Å². The Morgan fingerprint density at radius 2 is 1.45 bits per heavy atom. The molecule has 0 aliphatic carbocycles. The first-order valence-corrected chi connectivity index (χ1v) is 11.1. The van der Waals surface area contributed by atoms with Gasteiger partial charge in [0.2, 0.25) is 11.8 Å². The number of carbonyl (C=O) groups excluding carboxylic acids is 2. The van der Waals surface area contributed by atoms with E-state index in [0.29, 0.717) is 0 Å². The van der Waals surface area contributed by atoms with Crippen LogP contribution in [0.1, 0.15) is 42.4 Å². The maximum absolute atomic E-state index is 12.7. The average molecular weight is 424 g/mol. The number of piperidine rings is 1. The van der Waals surface area contributed by atoms with Gasteiger partial charge in [-0.1, -0.05) is 36.4 Å². The first-order valence-electron chi connectivity index (χ1n) is 11.1. The highest BCUT2D eigenvalue weighted by molar-refractivity contribution is 5.94. The summed E-state index contributed by atoms with van der Waals surface area (Å²) in [4.78, 5) is 25.7. The molecule has 0 unspecified atom stereocenters. The lowest BCUT2D eigenvalue weighted by Crippen LogP contribution is -2.39. The molecule has 6 heteroatoms. The van der Waals surface area contributed by atoms with Crippen molar-refractivity contribution < 1.29 is 14.8 Å². The Labute approximate surface area is 184 Å². The van der Waals surface area contributed by atoms with E-state index in [0.717, 1.165) is 62.9 Å². The fourth-order valence-corrected chi connectivity index (χ4v) is 4.06. The van der Waals surface area contributed by atoms with Gasteiger partial charge < -0.3 is 10.2 Å². The monoisotopic (exact) mass is 423 g/mol. The molecule has 0 radical (unpaired) electrons.